The minimum absolute atomic E-state index is 0.659. The summed E-state index contributed by atoms with van der Waals surface area (Å²) >= 11 is 1.85. The predicted octanol–water partition coefficient (Wildman–Crippen LogP) is 13.7. The van der Waals surface area contributed by atoms with E-state index in [0.29, 0.717) is 5.56 Å². The molecule has 0 aliphatic carbocycles. The molecule has 0 saturated heterocycles. The largest absolute Gasteiger partial charge is 0.456 e. The van der Waals surface area contributed by atoms with Gasteiger partial charge in [0.25, 0.3) is 0 Å². The molecule has 0 aliphatic heterocycles. The fraction of sp³-hybridized carbons (Fsp3) is 0. The Morgan fingerprint density at radius 3 is 1.56 bits per heavy atom. The van der Waals surface area contributed by atoms with Crippen LogP contribution in [-0.2, 0) is 0 Å². The fourth-order valence-corrected chi connectivity index (χ4v) is 9.76. The number of para-hydroxylation sites is 3. The van der Waals surface area contributed by atoms with E-state index in [1.807, 2.05) is 23.5 Å². The van der Waals surface area contributed by atoms with Gasteiger partial charge >= 0.3 is 0 Å². The summed E-state index contributed by atoms with van der Waals surface area (Å²) in [6.45, 7) is 0. The average molecular weight is 706 g/mol. The lowest BCUT2D eigenvalue weighted by Gasteiger charge is -2.08. The number of hydrogen-bond donors (Lipinski definition) is 0. The van der Waals surface area contributed by atoms with Gasteiger partial charge in [-0.2, -0.15) is 5.26 Å². The summed E-state index contributed by atoms with van der Waals surface area (Å²) < 4.78 is 13.6. The molecule has 4 aromatic heterocycles. The summed E-state index contributed by atoms with van der Waals surface area (Å²) in [7, 11) is 0. The molecule has 12 rings (SSSR count). The summed E-state index contributed by atoms with van der Waals surface area (Å²) in [5.74, 6) is 0. The van der Waals surface area contributed by atoms with Gasteiger partial charge in [-0.05, 0) is 108 Å². The van der Waals surface area contributed by atoms with E-state index in [1.54, 1.807) is 0 Å². The number of rotatable bonds is 3. The Balaban J connectivity index is 1.01. The fourth-order valence-electron chi connectivity index (χ4n) is 8.69. The van der Waals surface area contributed by atoms with E-state index in [9.17, 15) is 5.26 Å². The van der Waals surface area contributed by atoms with E-state index >= 15 is 0 Å². The molecule has 0 N–H and O–H groups in total. The zero-order valence-corrected chi connectivity index (χ0v) is 29.6. The first-order chi connectivity index (χ1) is 26.7. The minimum Gasteiger partial charge on any atom is -0.456 e. The van der Waals surface area contributed by atoms with Gasteiger partial charge in [0.1, 0.15) is 11.2 Å². The zero-order valence-electron chi connectivity index (χ0n) is 28.7. The Morgan fingerprint density at radius 2 is 0.889 bits per heavy atom. The first-order valence-electron chi connectivity index (χ1n) is 18.1. The van der Waals surface area contributed by atoms with Gasteiger partial charge < -0.3 is 13.6 Å². The summed E-state index contributed by atoms with van der Waals surface area (Å²) in [6.07, 6.45) is 0. The van der Waals surface area contributed by atoms with Gasteiger partial charge in [0.15, 0.2) is 0 Å². The first-order valence-corrected chi connectivity index (χ1v) is 18.9. The Hall–Kier alpha value is -7.13. The molecule has 0 fully saturated rings. The third-order valence-corrected chi connectivity index (χ3v) is 12.3. The molecule has 4 nitrogen and oxygen atoms in total. The van der Waals surface area contributed by atoms with Crippen molar-refractivity contribution in [1.29, 1.82) is 5.26 Å². The molecule has 12 aromatic rings. The Labute approximate surface area is 312 Å². The lowest BCUT2D eigenvalue weighted by molar-refractivity contribution is 0.669. The van der Waals surface area contributed by atoms with Crippen LogP contribution < -0.4 is 0 Å². The van der Waals surface area contributed by atoms with E-state index in [-0.39, 0.29) is 0 Å². The van der Waals surface area contributed by atoms with Crippen LogP contribution in [0, 0.1) is 11.3 Å². The quantitative estimate of drug-likeness (QED) is 0.184. The lowest BCUT2D eigenvalue weighted by atomic mass is 10.0. The lowest BCUT2D eigenvalue weighted by Crippen LogP contribution is -1.93. The number of thiophene rings is 1. The van der Waals surface area contributed by atoms with Crippen LogP contribution in [0.5, 0.6) is 0 Å². The monoisotopic (exact) mass is 705 g/mol. The minimum atomic E-state index is 0.659. The second-order valence-corrected chi connectivity index (χ2v) is 15.1. The highest BCUT2D eigenvalue weighted by molar-refractivity contribution is 7.25. The van der Waals surface area contributed by atoms with Crippen LogP contribution in [0.25, 0.3) is 108 Å². The highest BCUT2D eigenvalue weighted by Crippen LogP contribution is 2.41. The van der Waals surface area contributed by atoms with Crippen LogP contribution >= 0.6 is 11.3 Å². The molecule has 4 heterocycles. The van der Waals surface area contributed by atoms with Crippen LogP contribution in [0.1, 0.15) is 5.56 Å². The Kier molecular flexibility index (Phi) is 5.97. The van der Waals surface area contributed by atoms with Gasteiger partial charge in [0, 0.05) is 63.9 Å². The summed E-state index contributed by atoms with van der Waals surface area (Å²) in [5.41, 5.74) is 11.5. The molecule has 5 heteroatoms. The normalized spacial score (nSPS) is 12.1. The summed E-state index contributed by atoms with van der Waals surface area (Å²) in [4.78, 5) is 0. The van der Waals surface area contributed by atoms with Crippen molar-refractivity contribution < 1.29 is 4.42 Å². The second kappa shape index (κ2) is 10.9. The second-order valence-electron chi connectivity index (χ2n) is 14.1. The smallest absolute Gasteiger partial charge is 0.135 e. The predicted molar refractivity (Wildman–Crippen MR) is 225 cm³/mol. The number of aromatic nitrogens is 2. The molecular weight excluding hydrogens is 679 g/mol. The average Bonchev–Trinajstić information content (AvgIpc) is 3.97. The maximum absolute atomic E-state index is 9.62. The summed E-state index contributed by atoms with van der Waals surface area (Å²) in [6, 6.07) is 60.8. The number of nitriles is 1. The third kappa shape index (κ3) is 4.11. The number of fused-ring (bicyclic) bond motifs is 12. The molecule has 0 aliphatic rings. The zero-order chi connectivity index (χ0) is 35.5. The van der Waals surface area contributed by atoms with Gasteiger partial charge in [0.05, 0.1) is 33.7 Å². The van der Waals surface area contributed by atoms with Gasteiger partial charge in [-0.25, -0.2) is 0 Å². The molecule has 0 bridgehead atoms. The highest BCUT2D eigenvalue weighted by atomic mass is 32.1. The molecule has 0 spiro atoms. The van der Waals surface area contributed by atoms with E-state index in [1.165, 1.54) is 53.2 Å². The molecule has 250 valence electrons. The molecule has 0 unspecified atom stereocenters. The maximum atomic E-state index is 9.62. The molecular formula is C49H27N3OS. The van der Waals surface area contributed by atoms with Crippen molar-refractivity contribution in [2.45, 2.75) is 0 Å². The van der Waals surface area contributed by atoms with E-state index in [2.05, 4.69) is 167 Å². The van der Waals surface area contributed by atoms with E-state index in [4.69, 9.17) is 4.42 Å². The molecule has 0 amide bonds. The topological polar surface area (TPSA) is 46.8 Å². The van der Waals surface area contributed by atoms with Crippen molar-refractivity contribution in [3.8, 4) is 28.6 Å². The van der Waals surface area contributed by atoms with Crippen molar-refractivity contribution in [3.63, 3.8) is 0 Å². The molecule has 0 radical (unpaired) electrons. The van der Waals surface area contributed by atoms with Gasteiger partial charge in [-0.1, -0.05) is 66.7 Å². The van der Waals surface area contributed by atoms with E-state index < -0.39 is 0 Å². The molecule has 0 atom stereocenters. The van der Waals surface area contributed by atoms with Crippen molar-refractivity contribution >= 4 is 97.1 Å². The maximum Gasteiger partial charge on any atom is 0.135 e. The van der Waals surface area contributed by atoms with Crippen LogP contribution in [0.4, 0.5) is 0 Å². The SMILES string of the molecule is N#Cc1ccc2c(c1)c1ccccc1n2-c1ccc2oc3ccc(-c4ccc5sc6ccc(-n7c8ccccc8c8ccccc87)cc6c5c4)cc3c2c1. The van der Waals surface area contributed by atoms with Gasteiger partial charge in [0.2, 0.25) is 0 Å². The number of furan rings is 1. The van der Waals surface area contributed by atoms with Crippen LogP contribution in [0.3, 0.4) is 0 Å². The number of benzene rings is 8. The first kappa shape index (κ1) is 29.4. The van der Waals surface area contributed by atoms with Crippen molar-refractivity contribution in [2.24, 2.45) is 0 Å². The summed E-state index contributed by atoms with van der Waals surface area (Å²) in [5, 5.41) is 19.0. The Bertz CT molecular complexity index is 3530. The van der Waals surface area contributed by atoms with Crippen LogP contribution in [0.15, 0.2) is 168 Å². The third-order valence-electron chi connectivity index (χ3n) is 11.1. The Morgan fingerprint density at radius 1 is 0.407 bits per heavy atom. The highest BCUT2D eigenvalue weighted by Gasteiger charge is 2.17. The van der Waals surface area contributed by atoms with Crippen molar-refractivity contribution in [1.82, 2.24) is 9.13 Å². The van der Waals surface area contributed by atoms with Crippen molar-refractivity contribution in [3.05, 3.63) is 169 Å². The van der Waals surface area contributed by atoms with Crippen molar-refractivity contribution in [2.75, 3.05) is 0 Å². The molecule has 8 aromatic carbocycles. The number of hydrogen-bond acceptors (Lipinski definition) is 3. The van der Waals surface area contributed by atoms with Gasteiger partial charge in [-0.3, -0.25) is 0 Å². The number of nitrogens with zero attached hydrogens (tertiary/aromatic N) is 3. The standard InChI is InChI=1S/C49H27N3OS/c50-28-29-13-18-45-37(23-29)36-9-3-6-12-44(36)52(45)32-16-20-47-39(26-32)38-24-30(14-19-46(38)53-47)31-15-21-48-40(25-31)41-27-33(17-22-49(41)54-48)51-42-10-4-1-7-34(42)35-8-2-5-11-43(35)51/h1-27H. The van der Waals surface area contributed by atoms with Crippen LogP contribution in [0.2, 0.25) is 0 Å². The van der Waals surface area contributed by atoms with Gasteiger partial charge in [-0.15, -0.1) is 11.3 Å². The van der Waals surface area contributed by atoms with Crippen LogP contribution in [-0.4, -0.2) is 9.13 Å². The molecule has 54 heavy (non-hydrogen) atoms. The van der Waals surface area contributed by atoms with E-state index in [0.717, 1.165) is 55.0 Å². The molecule has 0 saturated carbocycles.